The summed E-state index contributed by atoms with van der Waals surface area (Å²) in [7, 11) is 0. The maximum absolute atomic E-state index is 6.26. The summed E-state index contributed by atoms with van der Waals surface area (Å²) in [5, 5.41) is 4.83. The summed E-state index contributed by atoms with van der Waals surface area (Å²) in [6.45, 7) is 4.27. The SMILES string of the molecule is C/C=C(/c1ccc(-c2ccc3c(c2)oc2ccc4ccccc4c23)cc1)c1ccccc1C. The summed E-state index contributed by atoms with van der Waals surface area (Å²) in [6.07, 6.45) is 2.20. The summed E-state index contributed by atoms with van der Waals surface area (Å²) in [6, 6.07) is 36.7. The molecule has 0 bridgehead atoms. The first-order valence-electron chi connectivity index (χ1n) is 11.4. The van der Waals surface area contributed by atoms with E-state index >= 15 is 0 Å². The molecule has 0 aliphatic carbocycles. The van der Waals surface area contributed by atoms with E-state index in [-0.39, 0.29) is 0 Å². The van der Waals surface area contributed by atoms with E-state index in [1.54, 1.807) is 0 Å². The predicted octanol–water partition coefficient (Wildman–Crippen LogP) is 9.17. The number of allylic oxidation sites excluding steroid dienone is 1. The van der Waals surface area contributed by atoms with Gasteiger partial charge >= 0.3 is 0 Å². The number of rotatable bonds is 3. The number of aryl methyl sites for hydroxylation is 1. The first-order valence-corrected chi connectivity index (χ1v) is 11.4. The van der Waals surface area contributed by atoms with Crippen LogP contribution in [0.15, 0.2) is 114 Å². The minimum absolute atomic E-state index is 0.928. The highest BCUT2D eigenvalue weighted by Crippen LogP contribution is 2.37. The van der Waals surface area contributed by atoms with E-state index < -0.39 is 0 Å². The predicted molar refractivity (Wildman–Crippen MR) is 141 cm³/mol. The molecular weight excluding hydrogens is 400 g/mol. The molecule has 5 aromatic carbocycles. The van der Waals surface area contributed by atoms with Crippen LogP contribution in [-0.2, 0) is 0 Å². The molecule has 0 aliphatic heterocycles. The van der Waals surface area contributed by atoms with Crippen molar-refractivity contribution >= 4 is 38.3 Å². The van der Waals surface area contributed by atoms with Crippen molar-refractivity contribution in [2.75, 3.05) is 0 Å². The van der Waals surface area contributed by atoms with Crippen LogP contribution in [0.4, 0.5) is 0 Å². The van der Waals surface area contributed by atoms with Crippen molar-refractivity contribution in [3.05, 3.63) is 126 Å². The Kier molecular flexibility index (Phi) is 4.62. The maximum Gasteiger partial charge on any atom is 0.136 e. The first kappa shape index (κ1) is 19.6. The Labute approximate surface area is 193 Å². The molecule has 0 aliphatic rings. The molecule has 1 heteroatoms. The Balaban J connectivity index is 1.41. The smallest absolute Gasteiger partial charge is 0.136 e. The Morgan fingerprint density at radius 1 is 0.667 bits per heavy atom. The van der Waals surface area contributed by atoms with Gasteiger partial charge in [-0.3, -0.25) is 0 Å². The van der Waals surface area contributed by atoms with Gasteiger partial charge in [-0.15, -0.1) is 0 Å². The van der Waals surface area contributed by atoms with Crippen LogP contribution in [0.1, 0.15) is 23.6 Å². The summed E-state index contributed by atoms with van der Waals surface area (Å²) in [4.78, 5) is 0. The number of hydrogen-bond donors (Lipinski definition) is 0. The van der Waals surface area contributed by atoms with Crippen molar-refractivity contribution in [1.82, 2.24) is 0 Å². The molecule has 158 valence electrons. The van der Waals surface area contributed by atoms with Crippen LogP contribution in [0, 0.1) is 6.92 Å². The van der Waals surface area contributed by atoms with Gasteiger partial charge in [0.1, 0.15) is 11.2 Å². The third-order valence-corrected chi connectivity index (χ3v) is 6.61. The highest BCUT2D eigenvalue weighted by molar-refractivity contribution is 6.19. The zero-order chi connectivity index (χ0) is 22.4. The van der Waals surface area contributed by atoms with Gasteiger partial charge in [-0.1, -0.05) is 91.0 Å². The Bertz CT molecular complexity index is 1660. The number of furan rings is 1. The minimum Gasteiger partial charge on any atom is -0.456 e. The van der Waals surface area contributed by atoms with Gasteiger partial charge in [0.05, 0.1) is 0 Å². The van der Waals surface area contributed by atoms with Gasteiger partial charge in [-0.25, -0.2) is 0 Å². The van der Waals surface area contributed by atoms with Crippen molar-refractivity contribution in [3.63, 3.8) is 0 Å². The second kappa shape index (κ2) is 7.79. The van der Waals surface area contributed by atoms with Crippen molar-refractivity contribution in [2.24, 2.45) is 0 Å². The lowest BCUT2D eigenvalue weighted by molar-refractivity contribution is 0.669. The van der Waals surface area contributed by atoms with Crippen molar-refractivity contribution < 1.29 is 4.42 Å². The fourth-order valence-corrected chi connectivity index (χ4v) is 4.92. The molecule has 0 radical (unpaired) electrons. The minimum atomic E-state index is 0.928. The van der Waals surface area contributed by atoms with E-state index in [1.165, 1.54) is 44.0 Å². The van der Waals surface area contributed by atoms with Crippen LogP contribution in [0.3, 0.4) is 0 Å². The lowest BCUT2D eigenvalue weighted by Crippen LogP contribution is -1.91. The molecule has 0 amide bonds. The van der Waals surface area contributed by atoms with Gasteiger partial charge < -0.3 is 4.42 Å². The van der Waals surface area contributed by atoms with Gasteiger partial charge in [0, 0.05) is 10.8 Å². The number of benzene rings is 5. The Hall–Kier alpha value is -4.10. The third kappa shape index (κ3) is 3.25. The standard InChI is InChI=1S/C32H24O/c1-3-26(27-10-6-4-8-21(27)2)24-14-12-22(13-15-24)25-16-18-29-31(20-25)33-30-19-17-23-9-5-7-11-28(23)32(29)30/h3-20H,1-2H3/b26-3-. The van der Waals surface area contributed by atoms with E-state index in [0.717, 1.165) is 22.1 Å². The molecule has 0 fully saturated rings. The van der Waals surface area contributed by atoms with Gasteiger partial charge in [0.15, 0.2) is 0 Å². The lowest BCUT2D eigenvalue weighted by Gasteiger charge is -2.12. The van der Waals surface area contributed by atoms with Crippen LogP contribution >= 0.6 is 0 Å². The van der Waals surface area contributed by atoms with Gasteiger partial charge in [0.2, 0.25) is 0 Å². The van der Waals surface area contributed by atoms with Gasteiger partial charge in [-0.05, 0) is 76.2 Å². The second-order valence-electron chi connectivity index (χ2n) is 8.57. The van der Waals surface area contributed by atoms with E-state index in [1.807, 2.05) is 0 Å². The molecule has 0 saturated heterocycles. The number of fused-ring (bicyclic) bond motifs is 5. The topological polar surface area (TPSA) is 13.1 Å². The molecule has 0 atom stereocenters. The summed E-state index contributed by atoms with van der Waals surface area (Å²) in [5.41, 5.74) is 9.28. The van der Waals surface area contributed by atoms with Crippen LogP contribution < -0.4 is 0 Å². The molecule has 6 rings (SSSR count). The maximum atomic E-state index is 6.26. The second-order valence-corrected chi connectivity index (χ2v) is 8.57. The highest BCUT2D eigenvalue weighted by atomic mass is 16.3. The fraction of sp³-hybridized carbons (Fsp3) is 0.0625. The zero-order valence-electron chi connectivity index (χ0n) is 18.8. The van der Waals surface area contributed by atoms with Crippen molar-refractivity contribution in [1.29, 1.82) is 0 Å². The quantitative estimate of drug-likeness (QED) is 0.276. The summed E-state index contributed by atoms with van der Waals surface area (Å²) >= 11 is 0. The fourth-order valence-electron chi connectivity index (χ4n) is 4.92. The average molecular weight is 425 g/mol. The number of hydrogen-bond acceptors (Lipinski definition) is 1. The third-order valence-electron chi connectivity index (χ3n) is 6.61. The normalized spacial score (nSPS) is 12.1. The molecular formula is C32H24O. The molecule has 1 aromatic heterocycles. The Morgan fingerprint density at radius 3 is 2.24 bits per heavy atom. The molecule has 0 unspecified atom stereocenters. The van der Waals surface area contributed by atoms with Crippen LogP contribution in [0.2, 0.25) is 0 Å². The molecule has 1 heterocycles. The summed E-state index contributed by atoms with van der Waals surface area (Å²) < 4.78 is 6.26. The molecule has 0 spiro atoms. The van der Waals surface area contributed by atoms with E-state index in [0.29, 0.717) is 0 Å². The molecule has 0 N–H and O–H groups in total. The molecule has 1 nitrogen and oxygen atoms in total. The van der Waals surface area contributed by atoms with Crippen LogP contribution in [0.5, 0.6) is 0 Å². The van der Waals surface area contributed by atoms with Crippen molar-refractivity contribution in [2.45, 2.75) is 13.8 Å². The zero-order valence-corrected chi connectivity index (χ0v) is 18.8. The largest absolute Gasteiger partial charge is 0.456 e. The lowest BCUT2D eigenvalue weighted by atomic mass is 9.93. The molecule has 0 saturated carbocycles. The summed E-state index contributed by atoms with van der Waals surface area (Å²) in [5.74, 6) is 0. The monoisotopic (exact) mass is 424 g/mol. The average Bonchev–Trinajstić information content (AvgIpc) is 3.24. The van der Waals surface area contributed by atoms with Crippen molar-refractivity contribution in [3.8, 4) is 11.1 Å². The Morgan fingerprint density at radius 2 is 1.42 bits per heavy atom. The first-order chi connectivity index (χ1) is 16.2. The molecule has 33 heavy (non-hydrogen) atoms. The van der Waals surface area contributed by atoms with E-state index in [4.69, 9.17) is 4.42 Å². The van der Waals surface area contributed by atoms with Gasteiger partial charge in [0.25, 0.3) is 0 Å². The van der Waals surface area contributed by atoms with E-state index in [9.17, 15) is 0 Å². The van der Waals surface area contributed by atoms with E-state index in [2.05, 4.69) is 123 Å². The molecule has 6 aromatic rings. The highest BCUT2D eigenvalue weighted by Gasteiger charge is 2.12. The van der Waals surface area contributed by atoms with Crippen LogP contribution in [0.25, 0.3) is 49.4 Å². The van der Waals surface area contributed by atoms with Gasteiger partial charge in [-0.2, -0.15) is 0 Å². The van der Waals surface area contributed by atoms with Crippen LogP contribution in [-0.4, -0.2) is 0 Å².